The van der Waals surface area contributed by atoms with E-state index in [1.54, 1.807) is 50.2 Å². The fraction of sp³-hybridized carbons (Fsp3) is 0.208. The van der Waals surface area contributed by atoms with Gasteiger partial charge in [-0.25, -0.2) is 14.6 Å². The number of benzene rings is 2. The number of thiocarbonyl (C=S) groups is 1. The van der Waals surface area contributed by atoms with Crippen molar-refractivity contribution in [1.82, 2.24) is 4.98 Å². The van der Waals surface area contributed by atoms with Crippen molar-refractivity contribution < 1.29 is 23.9 Å². The van der Waals surface area contributed by atoms with Gasteiger partial charge in [-0.3, -0.25) is 4.79 Å². The van der Waals surface area contributed by atoms with Crippen molar-refractivity contribution in [1.29, 1.82) is 0 Å². The van der Waals surface area contributed by atoms with Crippen molar-refractivity contribution in [2.45, 2.75) is 13.8 Å². The van der Waals surface area contributed by atoms with Crippen LogP contribution in [-0.2, 0) is 14.3 Å². The van der Waals surface area contributed by atoms with Crippen LogP contribution in [0.4, 0.5) is 0 Å². The third-order valence-electron chi connectivity index (χ3n) is 3.86. The molecule has 0 unspecified atom stereocenters. The topological polar surface area (TPSA) is 109 Å². The molecule has 0 aliphatic rings. The number of hydrogen-bond acceptors (Lipinski definition) is 8. The maximum Gasteiger partial charge on any atom is 0.367 e. The molecule has 36 heavy (non-hydrogen) atoms. The van der Waals surface area contributed by atoms with E-state index in [-0.39, 0.29) is 16.7 Å². The number of ether oxygens (including phenoxy) is 2. The van der Waals surface area contributed by atoms with Crippen LogP contribution in [0.3, 0.4) is 0 Å². The highest BCUT2D eigenvalue weighted by atomic mass is 79.9. The molecule has 3 aromatic rings. The van der Waals surface area contributed by atoms with E-state index in [0.29, 0.717) is 39.2 Å². The first-order valence-corrected chi connectivity index (χ1v) is 13.5. The fourth-order valence-corrected chi connectivity index (χ4v) is 3.58. The average Bonchev–Trinajstić information content (AvgIpc) is 3.36. The van der Waals surface area contributed by atoms with Gasteiger partial charge in [0.1, 0.15) is 0 Å². The van der Waals surface area contributed by atoms with Crippen LogP contribution in [0.25, 0.3) is 11.3 Å². The van der Waals surface area contributed by atoms with Gasteiger partial charge in [-0.1, -0.05) is 63.5 Å². The minimum absolute atomic E-state index is 0.0710. The van der Waals surface area contributed by atoms with E-state index in [2.05, 4.69) is 37.9 Å². The summed E-state index contributed by atoms with van der Waals surface area (Å²) in [4.78, 5) is 36.8. The number of esters is 2. The molecule has 0 bridgehead atoms. The monoisotopic (exact) mass is 632 g/mol. The number of carbonyl (C=O) groups is 3. The SMILES string of the molecule is CCOC(=O)C(N)=S.CCOC(=O)c1nc(-c2ccc(Cl)cc2)cs1.O=C(CBr)c1ccc(Cl)cc1. The summed E-state index contributed by atoms with van der Waals surface area (Å²) in [6.07, 6.45) is 0. The Morgan fingerprint density at radius 1 is 0.972 bits per heavy atom. The minimum Gasteiger partial charge on any atom is -0.461 e. The predicted octanol–water partition coefficient (Wildman–Crippen LogP) is 6.39. The summed E-state index contributed by atoms with van der Waals surface area (Å²) >= 11 is 20.1. The second kappa shape index (κ2) is 17.1. The number of thiazole rings is 1. The maximum atomic E-state index is 11.4. The van der Waals surface area contributed by atoms with E-state index in [4.69, 9.17) is 33.7 Å². The molecule has 0 saturated carbocycles. The zero-order valence-corrected chi connectivity index (χ0v) is 24.1. The number of nitrogens with two attached hydrogens (primary N) is 1. The van der Waals surface area contributed by atoms with Gasteiger partial charge in [-0.15, -0.1) is 11.3 Å². The molecule has 2 aromatic carbocycles. The molecular formula is C24H23BrCl2N2O5S2. The number of aromatic nitrogens is 1. The first-order chi connectivity index (χ1) is 17.1. The van der Waals surface area contributed by atoms with Gasteiger partial charge in [0.25, 0.3) is 0 Å². The van der Waals surface area contributed by atoms with Crippen LogP contribution in [0.1, 0.15) is 34.0 Å². The highest BCUT2D eigenvalue weighted by Gasteiger charge is 2.12. The summed E-state index contributed by atoms with van der Waals surface area (Å²) in [5, 5.41) is 3.88. The molecule has 7 nitrogen and oxygen atoms in total. The summed E-state index contributed by atoms with van der Waals surface area (Å²) < 4.78 is 9.28. The summed E-state index contributed by atoms with van der Waals surface area (Å²) in [5.74, 6) is -0.915. The smallest absolute Gasteiger partial charge is 0.367 e. The third kappa shape index (κ3) is 11.6. The zero-order valence-electron chi connectivity index (χ0n) is 19.3. The highest BCUT2D eigenvalue weighted by molar-refractivity contribution is 9.09. The maximum absolute atomic E-state index is 11.4. The van der Waals surface area contributed by atoms with Crippen molar-refractivity contribution in [3.63, 3.8) is 0 Å². The zero-order chi connectivity index (χ0) is 27.1. The Morgan fingerprint density at radius 2 is 1.50 bits per heavy atom. The van der Waals surface area contributed by atoms with E-state index in [1.165, 1.54) is 11.3 Å². The third-order valence-corrected chi connectivity index (χ3v) is 5.86. The van der Waals surface area contributed by atoms with E-state index < -0.39 is 5.97 Å². The van der Waals surface area contributed by atoms with Crippen molar-refractivity contribution >= 4 is 85.4 Å². The molecule has 0 aliphatic carbocycles. The van der Waals surface area contributed by atoms with Gasteiger partial charge in [0, 0.05) is 26.6 Å². The molecule has 0 saturated heterocycles. The quantitative estimate of drug-likeness (QED) is 0.144. The molecule has 2 N–H and O–H groups in total. The highest BCUT2D eigenvalue weighted by Crippen LogP contribution is 2.23. The lowest BCUT2D eigenvalue weighted by molar-refractivity contribution is -0.134. The standard InChI is InChI=1S/C12H10ClNO2S.C8H6BrClO.C4H7NO2S/c1-2-16-12(15)11-14-10(7-17-11)8-3-5-9(13)6-4-8;9-5-8(11)6-1-3-7(10)4-2-6;1-2-7-4(6)3(5)8/h3-7H,2H2,1H3;1-4H,5H2;2H2,1H3,(H2,5,8). The summed E-state index contributed by atoms with van der Waals surface area (Å²) in [7, 11) is 0. The van der Waals surface area contributed by atoms with Crippen LogP contribution in [0.2, 0.25) is 10.0 Å². The van der Waals surface area contributed by atoms with Gasteiger partial charge >= 0.3 is 11.9 Å². The summed E-state index contributed by atoms with van der Waals surface area (Å²) in [5.41, 5.74) is 7.26. The number of rotatable bonds is 6. The number of carbonyl (C=O) groups excluding carboxylic acids is 3. The van der Waals surface area contributed by atoms with Gasteiger partial charge in [-0.05, 0) is 50.2 Å². The number of halogens is 3. The summed E-state index contributed by atoms with van der Waals surface area (Å²) in [6, 6.07) is 14.2. The number of alkyl halides is 1. The average molecular weight is 634 g/mol. The van der Waals surface area contributed by atoms with Crippen molar-refractivity contribution in [2.75, 3.05) is 18.5 Å². The largest absolute Gasteiger partial charge is 0.461 e. The number of nitrogens with zero attached hydrogens (tertiary/aromatic N) is 1. The number of hydrogen-bond donors (Lipinski definition) is 1. The van der Waals surface area contributed by atoms with Gasteiger partial charge in [0.05, 0.1) is 24.2 Å². The van der Waals surface area contributed by atoms with Gasteiger partial charge in [-0.2, -0.15) is 0 Å². The Kier molecular flexibility index (Phi) is 15.1. The Bertz CT molecular complexity index is 1160. The van der Waals surface area contributed by atoms with Gasteiger partial charge in [0.2, 0.25) is 5.01 Å². The van der Waals surface area contributed by atoms with E-state index in [0.717, 1.165) is 11.3 Å². The predicted molar refractivity (Wildman–Crippen MR) is 152 cm³/mol. The second-order valence-electron chi connectivity index (χ2n) is 6.41. The minimum atomic E-state index is -0.609. The lowest BCUT2D eigenvalue weighted by Gasteiger charge is -1.97. The molecule has 0 amide bonds. The lowest BCUT2D eigenvalue weighted by Crippen LogP contribution is -2.23. The van der Waals surface area contributed by atoms with Crippen LogP contribution in [-0.4, -0.2) is 46.2 Å². The van der Waals surface area contributed by atoms with Crippen molar-refractivity contribution in [3.8, 4) is 11.3 Å². The van der Waals surface area contributed by atoms with Crippen molar-refractivity contribution in [2.24, 2.45) is 5.73 Å². The lowest BCUT2D eigenvalue weighted by atomic mass is 10.2. The number of Topliss-reactive ketones (excluding diaryl/α,β-unsaturated/α-hetero) is 1. The molecular weight excluding hydrogens is 611 g/mol. The Labute approximate surface area is 237 Å². The van der Waals surface area contributed by atoms with Crippen LogP contribution < -0.4 is 5.73 Å². The fourth-order valence-electron chi connectivity index (χ4n) is 2.23. The Morgan fingerprint density at radius 3 is 1.94 bits per heavy atom. The van der Waals surface area contributed by atoms with Crippen LogP contribution in [0.15, 0.2) is 53.9 Å². The normalized spacial score (nSPS) is 9.58. The van der Waals surface area contributed by atoms with Crippen LogP contribution in [0, 0.1) is 0 Å². The molecule has 0 aliphatic heterocycles. The number of ketones is 1. The van der Waals surface area contributed by atoms with E-state index in [1.807, 2.05) is 17.5 Å². The molecule has 1 heterocycles. The molecule has 0 atom stereocenters. The molecule has 192 valence electrons. The molecule has 1 aromatic heterocycles. The first kappa shape index (κ1) is 31.7. The molecule has 0 fully saturated rings. The Hall–Kier alpha value is -2.37. The Balaban J connectivity index is 0.000000295. The summed E-state index contributed by atoms with van der Waals surface area (Å²) in [6.45, 7) is 4.13. The van der Waals surface area contributed by atoms with Gasteiger partial charge < -0.3 is 15.2 Å². The second-order valence-corrected chi connectivity index (χ2v) is 9.15. The molecule has 12 heteroatoms. The van der Waals surface area contributed by atoms with E-state index in [9.17, 15) is 14.4 Å². The van der Waals surface area contributed by atoms with Crippen LogP contribution in [0.5, 0.6) is 0 Å². The van der Waals surface area contributed by atoms with Crippen molar-refractivity contribution in [3.05, 3.63) is 74.5 Å². The molecule has 0 radical (unpaired) electrons. The molecule has 3 rings (SSSR count). The van der Waals surface area contributed by atoms with Crippen LogP contribution >= 0.6 is 62.7 Å². The van der Waals surface area contributed by atoms with E-state index >= 15 is 0 Å². The molecule has 0 spiro atoms. The van der Waals surface area contributed by atoms with Gasteiger partial charge in [0.15, 0.2) is 10.8 Å². The first-order valence-electron chi connectivity index (χ1n) is 10.3.